The lowest BCUT2D eigenvalue weighted by Gasteiger charge is -2.12. The summed E-state index contributed by atoms with van der Waals surface area (Å²) in [7, 11) is 0. The molecule has 0 aromatic heterocycles. The molecule has 5 heteroatoms. The van der Waals surface area contributed by atoms with Crippen molar-refractivity contribution in [2.24, 2.45) is 0 Å². The molecular formula is C14H19NO3S. The quantitative estimate of drug-likeness (QED) is 0.716. The Morgan fingerprint density at radius 3 is 2.63 bits per heavy atom. The SMILES string of the molecule is CC(CNC(=O)CSCCC(=O)O)c1ccccc1. The van der Waals surface area contributed by atoms with Crippen molar-refractivity contribution in [2.45, 2.75) is 19.3 Å². The number of hydrogen-bond acceptors (Lipinski definition) is 3. The van der Waals surface area contributed by atoms with Crippen LogP contribution < -0.4 is 5.32 Å². The van der Waals surface area contributed by atoms with Crippen LogP contribution in [0.3, 0.4) is 0 Å². The fourth-order valence-corrected chi connectivity index (χ4v) is 2.29. The molecule has 104 valence electrons. The van der Waals surface area contributed by atoms with E-state index in [0.29, 0.717) is 18.1 Å². The molecule has 0 bridgehead atoms. The van der Waals surface area contributed by atoms with E-state index in [1.165, 1.54) is 17.3 Å². The molecule has 0 radical (unpaired) electrons. The van der Waals surface area contributed by atoms with Gasteiger partial charge in [-0.05, 0) is 11.5 Å². The van der Waals surface area contributed by atoms with Crippen LogP contribution in [0.1, 0.15) is 24.8 Å². The zero-order valence-corrected chi connectivity index (χ0v) is 11.8. The molecule has 1 amide bonds. The van der Waals surface area contributed by atoms with Crippen molar-refractivity contribution in [1.82, 2.24) is 5.32 Å². The number of nitrogens with one attached hydrogen (secondary N) is 1. The molecule has 1 unspecified atom stereocenters. The minimum atomic E-state index is -0.828. The van der Waals surface area contributed by atoms with Crippen LogP contribution >= 0.6 is 11.8 Å². The molecule has 0 saturated carbocycles. The van der Waals surface area contributed by atoms with Crippen LogP contribution in [-0.4, -0.2) is 35.0 Å². The Bertz CT molecular complexity index is 408. The third kappa shape index (κ3) is 6.86. The first-order chi connectivity index (χ1) is 9.09. The smallest absolute Gasteiger partial charge is 0.304 e. The van der Waals surface area contributed by atoms with E-state index in [9.17, 15) is 9.59 Å². The van der Waals surface area contributed by atoms with E-state index in [1.807, 2.05) is 30.3 Å². The molecule has 1 aromatic carbocycles. The Kier molecular flexibility index (Phi) is 7.03. The van der Waals surface area contributed by atoms with Gasteiger partial charge in [0.2, 0.25) is 5.91 Å². The topological polar surface area (TPSA) is 66.4 Å². The highest BCUT2D eigenvalue weighted by atomic mass is 32.2. The number of carboxylic acids is 1. The van der Waals surface area contributed by atoms with Crippen molar-refractivity contribution in [3.63, 3.8) is 0 Å². The predicted octanol–water partition coefficient (Wildman–Crippen LogP) is 2.11. The lowest BCUT2D eigenvalue weighted by molar-refractivity contribution is -0.136. The first kappa shape index (κ1) is 15.6. The van der Waals surface area contributed by atoms with Crippen LogP contribution in [0.4, 0.5) is 0 Å². The van der Waals surface area contributed by atoms with Crippen molar-refractivity contribution in [1.29, 1.82) is 0 Å². The first-order valence-electron chi connectivity index (χ1n) is 6.20. The molecule has 0 spiro atoms. The summed E-state index contributed by atoms with van der Waals surface area (Å²) in [5.41, 5.74) is 1.20. The summed E-state index contributed by atoms with van der Waals surface area (Å²) >= 11 is 1.34. The van der Waals surface area contributed by atoms with E-state index >= 15 is 0 Å². The Balaban J connectivity index is 2.18. The molecule has 1 rings (SSSR count). The molecule has 19 heavy (non-hydrogen) atoms. The average molecular weight is 281 g/mol. The zero-order valence-electron chi connectivity index (χ0n) is 11.0. The second-order valence-corrected chi connectivity index (χ2v) is 5.42. The normalized spacial score (nSPS) is 11.8. The molecule has 0 aliphatic heterocycles. The monoisotopic (exact) mass is 281 g/mol. The third-order valence-electron chi connectivity index (χ3n) is 2.67. The van der Waals surface area contributed by atoms with Crippen LogP contribution in [0.15, 0.2) is 30.3 Å². The van der Waals surface area contributed by atoms with Crippen molar-refractivity contribution < 1.29 is 14.7 Å². The maximum absolute atomic E-state index is 11.5. The number of carbonyl (C=O) groups excluding carboxylic acids is 1. The van der Waals surface area contributed by atoms with Gasteiger partial charge in [0.25, 0.3) is 0 Å². The fourth-order valence-electron chi connectivity index (χ4n) is 1.54. The van der Waals surface area contributed by atoms with Gasteiger partial charge in [-0.25, -0.2) is 0 Å². The standard InChI is InChI=1S/C14H19NO3S/c1-11(12-5-3-2-4-6-12)9-15-13(16)10-19-8-7-14(17)18/h2-6,11H,7-10H2,1H3,(H,15,16)(H,17,18). The fraction of sp³-hybridized carbons (Fsp3) is 0.429. The van der Waals surface area contributed by atoms with Crippen LogP contribution in [0, 0.1) is 0 Å². The molecular weight excluding hydrogens is 262 g/mol. The van der Waals surface area contributed by atoms with Crippen molar-refractivity contribution in [3.8, 4) is 0 Å². The highest BCUT2D eigenvalue weighted by Crippen LogP contribution is 2.13. The van der Waals surface area contributed by atoms with Gasteiger partial charge in [0.05, 0.1) is 12.2 Å². The van der Waals surface area contributed by atoms with E-state index in [0.717, 1.165) is 0 Å². The Labute approximate surface area is 117 Å². The summed E-state index contributed by atoms with van der Waals surface area (Å²) in [4.78, 5) is 21.8. The Morgan fingerprint density at radius 1 is 1.32 bits per heavy atom. The van der Waals surface area contributed by atoms with Gasteiger partial charge in [0.15, 0.2) is 0 Å². The van der Waals surface area contributed by atoms with Crippen LogP contribution in [0.2, 0.25) is 0 Å². The molecule has 4 nitrogen and oxygen atoms in total. The number of thioether (sulfide) groups is 1. The summed E-state index contributed by atoms with van der Waals surface area (Å²) in [5, 5.41) is 11.3. The second-order valence-electron chi connectivity index (χ2n) is 4.31. The molecule has 2 N–H and O–H groups in total. The number of carbonyl (C=O) groups is 2. The minimum absolute atomic E-state index is 0.0434. The maximum Gasteiger partial charge on any atom is 0.304 e. The summed E-state index contributed by atoms with van der Waals surface area (Å²) in [6.07, 6.45) is 0.0956. The molecule has 0 heterocycles. The summed E-state index contributed by atoms with van der Waals surface area (Å²) in [6, 6.07) is 10.0. The van der Waals surface area contributed by atoms with E-state index in [1.54, 1.807) is 0 Å². The number of benzene rings is 1. The van der Waals surface area contributed by atoms with E-state index in [-0.39, 0.29) is 18.2 Å². The minimum Gasteiger partial charge on any atom is -0.481 e. The molecule has 1 aromatic rings. The lowest BCUT2D eigenvalue weighted by atomic mass is 10.0. The van der Waals surface area contributed by atoms with Crippen molar-refractivity contribution in [3.05, 3.63) is 35.9 Å². The van der Waals surface area contributed by atoms with Gasteiger partial charge in [-0.1, -0.05) is 37.3 Å². The van der Waals surface area contributed by atoms with E-state index in [4.69, 9.17) is 5.11 Å². The molecule has 0 aliphatic rings. The van der Waals surface area contributed by atoms with Crippen molar-refractivity contribution in [2.75, 3.05) is 18.1 Å². The van der Waals surface area contributed by atoms with Gasteiger partial charge in [-0.15, -0.1) is 0 Å². The number of hydrogen-bond donors (Lipinski definition) is 2. The summed E-state index contributed by atoms with van der Waals surface area (Å²) in [6.45, 7) is 2.66. The lowest BCUT2D eigenvalue weighted by Crippen LogP contribution is -2.29. The first-order valence-corrected chi connectivity index (χ1v) is 7.36. The van der Waals surface area contributed by atoms with Crippen LogP contribution in [0.5, 0.6) is 0 Å². The zero-order chi connectivity index (χ0) is 14.1. The molecule has 0 fully saturated rings. The number of carboxylic acid groups (broad SMARTS) is 1. The van der Waals surface area contributed by atoms with Gasteiger partial charge >= 0.3 is 5.97 Å². The molecule has 0 saturated heterocycles. The van der Waals surface area contributed by atoms with Crippen LogP contribution in [0.25, 0.3) is 0 Å². The largest absolute Gasteiger partial charge is 0.481 e. The third-order valence-corrected chi connectivity index (χ3v) is 3.63. The Morgan fingerprint density at radius 2 is 2.00 bits per heavy atom. The van der Waals surface area contributed by atoms with Gasteiger partial charge in [0, 0.05) is 12.3 Å². The number of aliphatic carboxylic acids is 1. The highest BCUT2D eigenvalue weighted by Gasteiger charge is 2.07. The van der Waals surface area contributed by atoms with Gasteiger partial charge in [-0.2, -0.15) is 11.8 Å². The van der Waals surface area contributed by atoms with Gasteiger partial charge < -0.3 is 10.4 Å². The Hall–Kier alpha value is -1.49. The summed E-state index contributed by atoms with van der Waals surface area (Å²) < 4.78 is 0. The highest BCUT2D eigenvalue weighted by molar-refractivity contribution is 7.99. The second kappa shape index (κ2) is 8.58. The number of amides is 1. The van der Waals surface area contributed by atoms with Gasteiger partial charge in [-0.3, -0.25) is 9.59 Å². The average Bonchev–Trinajstić information content (AvgIpc) is 2.41. The molecule has 0 aliphatic carbocycles. The van der Waals surface area contributed by atoms with Gasteiger partial charge in [0.1, 0.15) is 0 Å². The van der Waals surface area contributed by atoms with Crippen molar-refractivity contribution >= 4 is 23.6 Å². The maximum atomic E-state index is 11.5. The summed E-state index contributed by atoms with van der Waals surface area (Å²) in [5.74, 6) is 0.184. The van der Waals surface area contributed by atoms with E-state index in [2.05, 4.69) is 12.2 Å². The molecule has 1 atom stereocenters. The van der Waals surface area contributed by atoms with Crippen LogP contribution in [-0.2, 0) is 9.59 Å². The van der Waals surface area contributed by atoms with E-state index < -0.39 is 5.97 Å². The predicted molar refractivity (Wildman–Crippen MR) is 77.4 cm³/mol. The number of rotatable bonds is 8.